The number of hydrogen-bond donors (Lipinski definition) is 1. The molecular formula is C14H9F6NOS. The van der Waals surface area contributed by atoms with Gasteiger partial charge in [-0.05, 0) is 29.6 Å². The molecule has 0 fully saturated rings. The smallest absolute Gasteiger partial charge is 0.326 e. The fourth-order valence-corrected chi connectivity index (χ4v) is 2.51. The minimum atomic E-state index is -4.95. The lowest BCUT2D eigenvalue weighted by molar-refractivity contribution is -0.143. The predicted octanol–water partition coefficient (Wildman–Crippen LogP) is 4.97. The molecule has 124 valence electrons. The van der Waals surface area contributed by atoms with Crippen LogP contribution in [0.1, 0.15) is 16.0 Å². The summed E-state index contributed by atoms with van der Waals surface area (Å²) in [5, 5.41) is 3.78. The first-order valence-electron chi connectivity index (χ1n) is 6.17. The van der Waals surface area contributed by atoms with E-state index in [9.17, 15) is 31.1 Å². The van der Waals surface area contributed by atoms with Crippen LogP contribution in [0.15, 0.2) is 35.7 Å². The molecule has 0 aliphatic heterocycles. The number of anilines is 1. The molecule has 1 N–H and O–H groups in total. The highest BCUT2D eigenvalue weighted by molar-refractivity contribution is 7.10. The van der Waals surface area contributed by atoms with Crippen LogP contribution >= 0.6 is 11.3 Å². The average molecular weight is 353 g/mol. The molecule has 2 rings (SSSR count). The van der Waals surface area contributed by atoms with Crippen molar-refractivity contribution in [3.8, 4) is 0 Å². The van der Waals surface area contributed by atoms with E-state index in [1.165, 1.54) is 11.3 Å². The Morgan fingerprint density at radius 3 is 2.00 bits per heavy atom. The number of hydrogen-bond acceptors (Lipinski definition) is 2. The van der Waals surface area contributed by atoms with Crippen molar-refractivity contribution in [3.63, 3.8) is 0 Å². The number of amides is 1. The molecule has 0 aliphatic carbocycles. The minimum absolute atomic E-state index is 0.00886. The van der Waals surface area contributed by atoms with Gasteiger partial charge in [-0.25, -0.2) is 0 Å². The lowest BCUT2D eigenvalue weighted by atomic mass is 10.1. The quantitative estimate of drug-likeness (QED) is 0.776. The number of thiophene rings is 1. The molecular weight excluding hydrogens is 344 g/mol. The molecule has 9 heteroatoms. The van der Waals surface area contributed by atoms with Crippen LogP contribution in [0.4, 0.5) is 32.0 Å². The van der Waals surface area contributed by atoms with Gasteiger partial charge in [-0.15, -0.1) is 11.3 Å². The molecule has 0 unspecified atom stereocenters. The largest absolute Gasteiger partial charge is 0.416 e. The topological polar surface area (TPSA) is 29.1 Å². The summed E-state index contributed by atoms with van der Waals surface area (Å²) in [7, 11) is 0. The van der Waals surface area contributed by atoms with Gasteiger partial charge in [-0.3, -0.25) is 4.79 Å². The average Bonchev–Trinajstić information content (AvgIpc) is 2.88. The summed E-state index contributed by atoms with van der Waals surface area (Å²) in [5.74, 6) is -0.695. The van der Waals surface area contributed by atoms with Crippen LogP contribution in [-0.2, 0) is 23.6 Å². The molecule has 0 saturated heterocycles. The molecule has 1 heterocycles. The van der Waals surface area contributed by atoms with Crippen molar-refractivity contribution in [3.05, 3.63) is 51.7 Å². The fourth-order valence-electron chi connectivity index (χ4n) is 1.80. The first-order valence-corrected chi connectivity index (χ1v) is 7.05. The van der Waals surface area contributed by atoms with E-state index >= 15 is 0 Å². The van der Waals surface area contributed by atoms with E-state index < -0.39 is 35.1 Å². The highest BCUT2D eigenvalue weighted by Crippen LogP contribution is 2.37. The lowest BCUT2D eigenvalue weighted by Crippen LogP contribution is -2.16. The summed E-state index contributed by atoms with van der Waals surface area (Å²) in [6.07, 6.45) is -10.0. The fraction of sp³-hybridized carbons (Fsp3) is 0.214. The predicted molar refractivity (Wildman–Crippen MR) is 73.1 cm³/mol. The minimum Gasteiger partial charge on any atom is -0.326 e. The molecule has 0 spiro atoms. The summed E-state index contributed by atoms with van der Waals surface area (Å²) >= 11 is 1.26. The van der Waals surface area contributed by atoms with E-state index in [4.69, 9.17) is 0 Å². The van der Waals surface area contributed by atoms with Crippen LogP contribution in [0.25, 0.3) is 0 Å². The molecule has 1 aromatic carbocycles. The normalized spacial score (nSPS) is 12.3. The molecule has 2 nitrogen and oxygen atoms in total. The van der Waals surface area contributed by atoms with Gasteiger partial charge in [0.15, 0.2) is 0 Å². The number of carbonyl (C=O) groups excluding carboxylic acids is 1. The van der Waals surface area contributed by atoms with Gasteiger partial charge in [0.25, 0.3) is 0 Å². The monoisotopic (exact) mass is 353 g/mol. The van der Waals surface area contributed by atoms with Gasteiger partial charge in [0.05, 0.1) is 17.5 Å². The Labute approximate surface area is 130 Å². The van der Waals surface area contributed by atoms with E-state index in [-0.39, 0.29) is 12.5 Å². The van der Waals surface area contributed by atoms with Crippen LogP contribution in [0.3, 0.4) is 0 Å². The van der Waals surface area contributed by atoms with Crippen LogP contribution in [0.2, 0.25) is 0 Å². The highest BCUT2D eigenvalue weighted by atomic mass is 32.1. The van der Waals surface area contributed by atoms with Crippen LogP contribution in [0, 0.1) is 0 Å². The second-order valence-corrected chi connectivity index (χ2v) is 5.63. The van der Waals surface area contributed by atoms with Crippen molar-refractivity contribution in [1.82, 2.24) is 0 Å². The zero-order chi connectivity index (χ0) is 17.3. The van der Waals surface area contributed by atoms with Gasteiger partial charge in [0, 0.05) is 10.6 Å². The molecule has 23 heavy (non-hydrogen) atoms. The molecule has 0 aliphatic rings. The van der Waals surface area contributed by atoms with E-state index in [0.29, 0.717) is 17.0 Å². The Morgan fingerprint density at radius 1 is 1.00 bits per heavy atom. The molecule has 1 aromatic heterocycles. The zero-order valence-electron chi connectivity index (χ0n) is 11.3. The third-order valence-electron chi connectivity index (χ3n) is 2.79. The Bertz CT molecular complexity index is 658. The van der Waals surface area contributed by atoms with Crippen LogP contribution in [-0.4, -0.2) is 5.91 Å². The molecule has 2 aromatic rings. The van der Waals surface area contributed by atoms with Crippen molar-refractivity contribution >= 4 is 22.9 Å². The van der Waals surface area contributed by atoms with Crippen molar-refractivity contribution < 1.29 is 31.1 Å². The number of alkyl halides is 6. The first kappa shape index (κ1) is 17.3. The second-order valence-electron chi connectivity index (χ2n) is 4.60. The van der Waals surface area contributed by atoms with Crippen molar-refractivity contribution in [2.75, 3.05) is 5.32 Å². The molecule has 0 radical (unpaired) electrons. The Morgan fingerprint density at radius 2 is 1.57 bits per heavy atom. The standard InChI is InChI=1S/C14H9F6NOS/c15-13(16,17)8-4-9(14(18,19)20)6-10(5-8)21-12(22)7-11-2-1-3-23-11/h1-6H,7H2,(H,21,22). The number of halogens is 6. The Hall–Kier alpha value is -2.03. The maximum Gasteiger partial charge on any atom is 0.416 e. The van der Waals surface area contributed by atoms with Crippen molar-refractivity contribution in [2.45, 2.75) is 18.8 Å². The Balaban J connectivity index is 2.28. The summed E-state index contributed by atoms with van der Waals surface area (Å²) in [5.41, 5.74) is -3.49. The zero-order valence-corrected chi connectivity index (χ0v) is 12.1. The maximum absolute atomic E-state index is 12.7. The summed E-state index contributed by atoms with van der Waals surface area (Å²) in [4.78, 5) is 12.4. The van der Waals surface area contributed by atoms with Gasteiger partial charge in [-0.1, -0.05) is 6.07 Å². The van der Waals surface area contributed by atoms with E-state index in [1.807, 2.05) is 0 Å². The Kier molecular flexibility index (Phi) is 4.69. The molecule has 1 amide bonds. The SMILES string of the molecule is O=C(Cc1cccs1)Nc1cc(C(F)(F)F)cc(C(F)(F)F)c1. The summed E-state index contributed by atoms with van der Waals surface area (Å²) in [6.45, 7) is 0. The third-order valence-corrected chi connectivity index (χ3v) is 3.66. The van der Waals surface area contributed by atoms with Crippen LogP contribution < -0.4 is 5.32 Å². The van der Waals surface area contributed by atoms with Gasteiger partial charge in [0.1, 0.15) is 0 Å². The molecule has 0 bridgehead atoms. The molecule has 0 saturated carbocycles. The number of carbonyl (C=O) groups is 1. The van der Waals surface area contributed by atoms with E-state index in [1.54, 1.807) is 17.5 Å². The second kappa shape index (κ2) is 6.23. The van der Waals surface area contributed by atoms with Crippen LogP contribution in [0.5, 0.6) is 0 Å². The molecule has 0 atom stereocenters. The van der Waals surface area contributed by atoms with E-state index in [2.05, 4.69) is 5.32 Å². The van der Waals surface area contributed by atoms with E-state index in [0.717, 1.165) is 0 Å². The van der Waals surface area contributed by atoms with Gasteiger partial charge in [0.2, 0.25) is 5.91 Å². The van der Waals surface area contributed by atoms with Gasteiger partial charge >= 0.3 is 12.4 Å². The number of nitrogens with one attached hydrogen (secondary N) is 1. The highest BCUT2D eigenvalue weighted by Gasteiger charge is 2.37. The number of rotatable bonds is 3. The van der Waals surface area contributed by atoms with Crippen molar-refractivity contribution in [2.24, 2.45) is 0 Å². The lowest BCUT2D eigenvalue weighted by Gasteiger charge is -2.14. The first-order chi connectivity index (χ1) is 10.6. The van der Waals surface area contributed by atoms with Crippen molar-refractivity contribution in [1.29, 1.82) is 0 Å². The van der Waals surface area contributed by atoms with Gasteiger partial charge < -0.3 is 5.32 Å². The summed E-state index contributed by atoms with van der Waals surface area (Å²) < 4.78 is 76.2. The van der Waals surface area contributed by atoms with Gasteiger partial charge in [-0.2, -0.15) is 26.3 Å². The maximum atomic E-state index is 12.7. The third kappa shape index (κ3) is 4.72. The number of benzene rings is 1. The summed E-state index contributed by atoms with van der Waals surface area (Å²) in [6, 6.07) is 4.27.